The number of hydrogen-bond donors (Lipinski definition) is 1. The van der Waals surface area contributed by atoms with Crippen LogP contribution in [-0.2, 0) is 0 Å². The van der Waals surface area contributed by atoms with E-state index in [9.17, 15) is 10.1 Å². The van der Waals surface area contributed by atoms with Crippen LogP contribution in [0.1, 0.15) is 23.5 Å². The van der Waals surface area contributed by atoms with Crippen LogP contribution in [0.15, 0.2) is 42.6 Å². The lowest BCUT2D eigenvalue weighted by atomic mass is 10.1. The van der Waals surface area contributed by atoms with Crippen molar-refractivity contribution in [2.24, 2.45) is 0 Å². The Morgan fingerprint density at radius 3 is 2.81 bits per heavy atom. The molecule has 1 aliphatic rings. The number of nitro groups is 1. The predicted octanol–water partition coefficient (Wildman–Crippen LogP) is 2.83. The van der Waals surface area contributed by atoms with E-state index in [0.29, 0.717) is 5.92 Å². The van der Waals surface area contributed by atoms with Crippen molar-refractivity contribution in [2.75, 3.05) is 5.32 Å². The fourth-order valence-corrected chi connectivity index (χ4v) is 2.36. The molecule has 0 amide bonds. The Bertz CT molecular complexity index is 724. The molecule has 2 aromatic rings. The largest absolute Gasteiger partial charge is 0.361 e. The molecule has 1 N–H and O–H groups in total. The maximum Gasteiger partial charge on any atom is 0.312 e. The molecule has 1 fully saturated rings. The Labute approximate surface area is 121 Å². The Morgan fingerprint density at radius 2 is 2.14 bits per heavy atom. The number of pyridine rings is 1. The number of hydrogen-bond acceptors (Lipinski definition) is 5. The summed E-state index contributed by atoms with van der Waals surface area (Å²) in [4.78, 5) is 14.5. The smallest absolute Gasteiger partial charge is 0.312 e. The summed E-state index contributed by atoms with van der Waals surface area (Å²) in [6.45, 7) is 0. The molecule has 6 heteroatoms. The van der Waals surface area contributed by atoms with E-state index in [2.05, 4.69) is 10.3 Å². The summed E-state index contributed by atoms with van der Waals surface area (Å²) in [6, 6.07) is 13.3. The highest BCUT2D eigenvalue weighted by molar-refractivity contribution is 5.60. The zero-order chi connectivity index (χ0) is 14.8. The van der Waals surface area contributed by atoms with Gasteiger partial charge in [0.15, 0.2) is 0 Å². The summed E-state index contributed by atoms with van der Waals surface area (Å²) in [6.07, 6.45) is 2.26. The first-order chi connectivity index (χ1) is 10.2. The lowest BCUT2D eigenvalue weighted by Gasteiger charge is -2.06. The second-order valence-corrected chi connectivity index (χ2v) is 4.96. The van der Waals surface area contributed by atoms with Gasteiger partial charge in [-0.05, 0) is 12.0 Å². The van der Waals surface area contributed by atoms with E-state index >= 15 is 0 Å². The molecule has 0 bridgehead atoms. The number of benzene rings is 1. The fraction of sp³-hybridized carbons (Fsp3) is 0.200. The van der Waals surface area contributed by atoms with E-state index in [0.717, 1.165) is 6.42 Å². The zero-order valence-corrected chi connectivity index (χ0v) is 11.1. The van der Waals surface area contributed by atoms with Gasteiger partial charge < -0.3 is 5.32 Å². The average molecular weight is 280 g/mol. The van der Waals surface area contributed by atoms with Crippen molar-refractivity contribution in [1.29, 1.82) is 5.26 Å². The van der Waals surface area contributed by atoms with Crippen LogP contribution < -0.4 is 5.32 Å². The van der Waals surface area contributed by atoms with Gasteiger partial charge in [0.05, 0.1) is 10.5 Å². The average Bonchev–Trinajstić information content (AvgIpc) is 3.27. The van der Waals surface area contributed by atoms with Gasteiger partial charge in [0.25, 0.3) is 0 Å². The van der Waals surface area contributed by atoms with Gasteiger partial charge in [-0.1, -0.05) is 30.3 Å². The molecule has 0 radical (unpaired) electrons. The lowest BCUT2D eigenvalue weighted by Crippen LogP contribution is -2.08. The Balaban J connectivity index is 1.78. The maximum absolute atomic E-state index is 11.1. The second kappa shape index (κ2) is 5.21. The summed E-state index contributed by atoms with van der Waals surface area (Å²) < 4.78 is 0. The third-order valence-electron chi connectivity index (χ3n) is 3.53. The molecule has 1 saturated carbocycles. The van der Waals surface area contributed by atoms with Crippen molar-refractivity contribution in [3.05, 3.63) is 63.8 Å². The Hall–Kier alpha value is -2.94. The number of nitriles is 1. The monoisotopic (exact) mass is 280 g/mol. The Kier molecular flexibility index (Phi) is 3.24. The molecule has 1 aliphatic carbocycles. The van der Waals surface area contributed by atoms with E-state index in [1.54, 1.807) is 0 Å². The molecule has 104 valence electrons. The quantitative estimate of drug-likeness (QED) is 0.686. The van der Waals surface area contributed by atoms with Crippen molar-refractivity contribution < 1.29 is 4.92 Å². The first kappa shape index (κ1) is 13.1. The van der Waals surface area contributed by atoms with E-state index in [1.165, 1.54) is 17.8 Å². The maximum atomic E-state index is 11.1. The van der Waals surface area contributed by atoms with Crippen molar-refractivity contribution in [2.45, 2.75) is 18.4 Å². The van der Waals surface area contributed by atoms with Gasteiger partial charge in [-0.2, -0.15) is 5.26 Å². The van der Waals surface area contributed by atoms with Crippen LogP contribution in [0.25, 0.3) is 0 Å². The minimum atomic E-state index is -0.518. The number of nitrogens with one attached hydrogen (secondary N) is 1. The Morgan fingerprint density at radius 1 is 1.38 bits per heavy atom. The molecule has 0 spiro atoms. The zero-order valence-electron chi connectivity index (χ0n) is 11.1. The van der Waals surface area contributed by atoms with Gasteiger partial charge in [-0.3, -0.25) is 10.1 Å². The van der Waals surface area contributed by atoms with Gasteiger partial charge in [0.2, 0.25) is 5.82 Å². The summed E-state index contributed by atoms with van der Waals surface area (Å²) in [7, 11) is 0. The van der Waals surface area contributed by atoms with Gasteiger partial charge in [0.1, 0.15) is 6.07 Å². The first-order valence-electron chi connectivity index (χ1n) is 6.55. The minimum Gasteiger partial charge on any atom is -0.361 e. The van der Waals surface area contributed by atoms with Crippen LogP contribution >= 0.6 is 0 Å². The highest BCUT2D eigenvalue weighted by Crippen LogP contribution is 2.43. The summed E-state index contributed by atoms with van der Waals surface area (Å²) >= 11 is 0. The van der Waals surface area contributed by atoms with Crippen LogP contribution in [0.2, 0.25) is 0 Å². The highest BCUT2D eigenvalue weighted by atomic mass is 16.6. The van der Waals surface area contributed by atoms with Gasteiger partial charge in [-0.15, -0.1) is 0 Å². The summed E-state index contributed by atoms with van der Waals surface area (Å²) in [5, 5.41) is 22.9. The standard InChI is InChI=1S/C15H12N4O2/c16-8-10-6-14(19(20)21)15(17-9-10)18-13-7-12(13)11-4-2-1-3-5-11/h1-6,9,12-13H,7H2,(H,17,18). The normalized spacial score (nSPS) is 19.6. The molecule has 21 heavy (non-hydrogen) atoms. The molecule has 2 atom stereocenters. The van der Waals surface area contributed by atoms with Crippen molar-refractivity contribution in [1.82, 2.24) is 4.98 Å². The van der Waals surface area contributed by atoms with Crippen molar-refractivity contribution in [3.63, 3.8) is 0 Å². The van der Waals surface area contributed by atoms with Crippen molar-refractivity contribution >= 4 is 11.5 Å². The van der Waals surface area contributed by atoms with E-state index < -0.39 is 4.92 Å². The van der Waals surface area contributed by atoms with E-state index in [4.69, 9.17) is 5.26 Å². The molecule has 2 unspecified atom stereocenters. The van der Waals surface area contributed by atoms with Crippen LogP contribution in [0.3, 0.4) is 0 Å². The van der Waals surface area contributed by atoms with Gasteiger partial charge in [0, 0.05) is 24.2 Å². The minimum absolute atomic E-state index is 0.145. The number of aromatic nitrogens is 1. The number of nitrogens with zero attached hydrogens (tertiary/aromatic N) is 3. The number of rotatable bonds is 4. The molecule has 0 aliphatic heterocycles. The molecule has 6 nitrogen and oxygen atoms in total. The van der Waals surface area contributed by atoms with Crippen LogP contribution in [-0.4, -0.2) is 15.9 Å². The molecular formula is C15H12N4O2. The fourth-order valence-electron chi connectivity index (χ4n) is 2.36. The molecule has 1 aromatic heterocycles. The van der Waals surface area contributed by atoms with Gasteiger partial charge in [-0.25, -0.2) is 4.98 Å². The molecule has 1 heterocycles. The van der Waals surface area contributed by atoms with E-state index in [1.807, 2.05) is 36.4 Å². The first-order valence-corrected chi connectivity index (χ1v) is 6.55. The highest BCUT2D eigenvalue weighted by Gasteiger charge is 2.39. The van der Waals surface area contributed by atoms with Crippen LogP contribution in [0, 0.1) is 21.4 Å². The van der Waals surface area contributed by atoms with E-state index in [-0.39, 0.29) is 23.1 Å². The molecular weight excluding hydrogens is 268 g/mol. The predicted molar refractivity (Wildman–Crippen MR) is 76.8 cm³/mol. The lowest BCUT2D eigenvalue weighted by molar-refractivity contribution is -0.384. The summed E-state index contributed by atoms with van der Waals surface area (Å²) in [5.74, 6) is 0.575. The second-order valence-electron chi connectivity index (χ2n) is 4.96. The summed E-state index contributed by atoms with van der Waals surface area (Å²) in [5.41, 5.74) is 1.24. The third kappa shape index (κ3) is 2.67. The SMILES string of the molecule is N#Cc1cnc(NC2CC2c2ccccc2)c([N+](=O)[O-])c1. The topological polar surface area (TPSA) is 91.8 Å². The van der Waals surface area contributed by atoms with Gasteiger partial charge >= 0.3 is 5.69 Å². The molecule has 1 aromatic carbocycles. The third-order valence-corrected chi connectivity index (χ3v) is 3.53. The van der Waals surface area contributed by atoms with Crippen molar-refractivity contribution in [3.8, 4) is 6.07 Å². The molecule has 3 rings (SSSR count). The number of anilines is 1. The van der Waals surface area contributed by atoms with Crippen LogP contribution in [0.5, 0.6) is 0 Å². The van der Waals surface area contributed by atoms with Crippen LogP contribution in [0.4, 0.5) is 11.5 Å². The molecule has 0 saturated heterocycles.